The molecule has 1 N–H and O–H groups in total. The molecule has 0 aromatic rings. The zero-order valence-electron chi connectivity index (χ0n) is 7.64. The lowest BCUT2D eigenvalue weighted by atomic mass is 10.2. The fourth-order valence-electron chi connectivity index (χ4n) is 0.547. The summed E-state index contributed by atoms with van der Waals surface area (Å²) < 4.78 is 0. The molecule has 0 saturated heterocycles. The average Bonchev–Trinajstić information content (AvgIpc) is 1.80. The highest BCUT2D eigenvalue weighted by molar-refractivity contribution is 6.46. The molecular weight excluding hydrogens is 156 g/mol. The summed E-state index contributed by atoms with van der Waals surface area (Å²) in [7, 11) is -0.383. The summed E-state index contributed by atoms with van der Waals surface area (Å²) in [5.41, 5.74) is 2.40. The van der Waals surface area contributed by atoms with Crippen LogP contribution in [0, 0.1) is 0 Å². The van der Waals surface area contributed by atoms with E-state index in [9.17, 15) is 4.79 Å². The maximum atomic E-state index is 10.4. The van der Waals surface area contributed by atoms with E-state index in [4.69, 9.17) is 5.11 Å². The van der Waals surface area contributed by atoms with Gasteiger partial charge in [-0.25, -0.2) is 4.79 Å². The van der Waals surface area contributed by atoms with Crippen LogP contribution in [0.25, 0.3) is 0 Å². The molecule has 0 aliphatic rings. The van der Waals surface area contributed by atoms with Gasteiger partial charge in [0.15, 0.2) is 0 Å². The molecule has 0 unspecified atom stereocenters. The van der Waals surface area contributed by atoms with Crippen LogP contribution in [-0.4, -0.2) is 20.6 Å². The smallest absolute Gasteiger partial charge is 0.330 e. The first-order chi connectivity index (χ1) is 4.83. The number of carboxylic acid groups (broad SMARTS) is 1. The molecular formula is C8H16O2Si. The van der Waals surface area contributed by atoms with E-state index < -0.39 is 5.97 Å². The Hall–Kier alpha value is -0.573. The Morgan fingerprint density at radius 3 is 2.18 bits per heavy atom. The SMILES string of the molecule is C/C(=C\[SiH2]C(C)(C)C)C(=O)O. The van der Waals surface area contributed by atoms with E-state index in [0.29, 0.717) is 10.6 Å². The Balaban J connectivity index is 4.04. The predicted molar refractivity (Wildman–Crippen MR) is 49.7 cm³/mol. The summed E-state index contributed by atoms with van der Waals surface area (Å²) in [6.45, 7) is 8.08. The molecule has 0 radical (unpaired) electrons. The van der Waals surface area contributed by atoms with Gasteiger partial charge in [-0.15, -0.1) is 0 Å². The van der Waals surface area contributed by atoms with E-state index in [1.54, 1.807) is 6.92 Å². The highest BCUT2D eigenvalue weighted by Crippen LogP contribution is 2.20. The van der Waals surface area contributed by atoms with Crippen LogP contribution in [0.5, 0.6) is 0 Å². The summed E-state index contributed by atoms with van der Waals surface area (Å²) >= 11 is 0. The molecule has 0 spiro atoms. The summed E-state index contributed by atoms with van der Waals surface area (Å²) in [5, 5.41) is 8.85. The minimum absolute atomic E-state index is 0.316. The Kier molecular flexibility index (Phi) is 3.52. The van der Waals surface area contributed by atoms with Gasteiger partial charge in [-0.05, 0) is 12.0 Å². The van der Waals surface area contributed by atoms with Crippen molar-refractivity contribution in [2.45, 2.75) is 32.7 Å². The number of hydrogen-bond acceptors (Lipinski definition) is 1. The molecule has 0 aliphatic carbocycles. The number of rotatable bonds is 2. The molecule has 11 heavy (non-hydrogen) atoms. The highest BCUT2D eigenvalue weighted by atomic mass is 28.2. The van der Waals surface area contributed by atoms with Crippen LogP contribution in [0.1, 0.15) is 27.7 Å². The van der Waals surface area contributed by atoms with Crippen molar-refractivity contribution < 1.29 is 9.90 Å². The summed E-state index contributed by atoms with van der Waals surface area (Å²) in [4.78, 5) is 10.4. The first kappa shape index (κ1) is 10.4. The molecule has 0 aliphatic heterocycles. The van der Waals surface area contributed by atoms with Gasteiger partial charge in [0.25, 0.3) is 0 Å². The highest BCUT2D eigenvalue weighted by Gasteiger charge is 2.09. The Labute approximate surface area is 70.1 Å². The van der Waals surface area contributed by atoms with E-state index in [1.165, 1.54) is 0 Å². The Morgan fingerprint density at radius 2 is 1.91 bits per heavy atom. The molecule has 64 valence electrons. The molecule has 0 rings (SSSR count). The van der Waals surface area contributed by atoms with Crippen molar-refractivity contribution in [3.63, 3.8) is 0 Å². The molecule has 3 heteroatoms. The van der Waals surface area contributed by atoms with Crippen LogP contribution in [-0.2, 0) is 4.79 Å². The van der Waals surface area contributed by atoms with Gasteiger partial charge in [0.1, 0.15) is 0 Å². The van der Waals surface area contributed by atoms with Crippen LogP contribution in [0.3, 0.4) is 0 Å². The second-order valence-corrected chi connectivity index (χ2v) is 6.89. The summed E-state index contributed by atoms with van der Waals surface area (Å²) in [5.74, 6) is -0.790. The predicted octanol–water partition coefficient (Wildman–Crippen LogP) is 1.36. The fourth-order valence-corrected chi connectivity index (χ4v) is 1.64. The van der Waals surface area contributed by atoms with Crippen molar-refractivity contribution >= 4 is 15.5 Å². The number of carbonyl (C=O) groups is 1. The van der Waals surface area contributed by atoms with E-state index >= 15 is 0 Å². The van der Waals surface area contributed by atoms with Gasteiger partial charge in [0.05, 0.1) is 9.52 Å². The second-order valence-electron chi connectivity index (χ2n) is 3.96. The van der Waals surface area contributed by atoms with Crippen molar-refractivity contribution in [2.75, 3.05) is 0 Å². The lowest BCUT2D eigenvalue weighted by Crippen LogP contribution is -2.08. The third kappa shape index (κ3) is 5.85. The van der Waals surface area contributed by atoms with Crippen molar-refractivity contribution in [2.24, 2.45) is 0 Å². The number of carboxylic acids is 1. The molecule has 0 atom stereocenters. The van der Waals surface area contributed by atoms with Gasteiger partial charge in [-0.2, -0.15) is 0 Å². The van der Waals surface area contributed by atoms with Gasteiger partial charge in [0, 0.05) is 5.57 Å². The van der Waals surface area contributed by atoms with Crippen LogP contribution < -0.4 is 0 Å². The molecule has 0 amide bonds. The second kappa shape index (κ2) is 3.71. The molecule has 0 aromatic carbocycles. The Bertz CT molecular complexity index is 177. The molecule has 0 saturated carbocycles. The van der Waals surface area contributed by atoms with E-state index in [0.717, 1.165) is 0 Å². The largest absolute Gasteiger partial charge is 0.478 e. The van der Waals surface area contributed by atoms with Gasteiger partial charge in [0.2, 0.25) is 0 Å². The maximum absolute atomic E-state index is 10.4. The molecule has 2 nitrogen and oxygen atoms in total. The quantitative estimate of drug-likeness (QED) is 0.504. The zero-order chi connectivity index (χ0) is 9.07. The van der Waals surface area contributed by atoms with Crippen LogP contribution in [0.15, 0.2) is 11.3 Å². The fraction of sp³-hybridized carbons (Fsp3) is 0.625. The molecule has 0 bridgehead atoms. The zero-order valence-corrected chi connectivity index (χ0v) is 9.05. The maximum Gasteiger partial charge on any atom is 0.330 e. The normalized spacial score (nSPS) is 14.4. The van der Waals surface area contributed by atoms with Crippen molar-refractivity contribution in [1.82, 2.24) is 0 Å². The lowest BCUT2D eigenvalue weighted by Gasteiger charge is -2.13. The minimum Gasteiger partial charge on any atom is -0.478 e. The third-order valence-electron chi connectivity index (χ3n) is 1.36. The summed E-state index contributed by atoms with van der Waals surface area (Å²) in [6, 6.07) is 0. The third-order valence-corrected chi connectivity index (χ3v) is 3.40. The summed E-state index contributed by atoms with van der Waals surface area (Å²) in [6.07, 6.45) is 0. The van der Waals surface area contributed by atoms with Crippen molar-refractivity contribution in [3.8, 4) is 0 Å². The van der Waals surface area contributed by atoms with Crippen LogP contribution >= 0.6 is 0 Å². The van der Waals surface area contributed by atoms with E-state index in [-0.39, 0.29) is 9.52 Å². The monoisotopic (exact) mass is 172 g/mol. The van der Waals surface area contributed by atoms with Crippen molar-refractivity contribution in [3.05, 3.63) is 11.3 Å². The molecule has 0 heterocycles. The number of aliphatic carboxylic acids is 1. The average molecular weight is 172 g/mol. The minimum atomic E-state index is -0.790. The van der Waals surface area contributed by atoms with E-state index in [2.05, 4.69) is 20.8 Å². The molecule has 0 aromatic heterocycles. The van der Waals surface area contributed by atoms with Gasteiger partial charge in [-0.1, -0.05) is 26.5 Å². The van der Waals surface area contributed by atoms with Gasteiger partial charge in [-0.3, -0.25) is 0 Å². The van der Waals surface area contributed by atoms with Gasteiger partial charge >= 0.3 is 5.97 Å². The number of hydrogen-bond donors (Lipinski definition) is 1. The standard InChI is InChI=1S/C8H16O2Si/c1-6(7(9)10)5-11-8(2,3)4/h5H,11H2,1-4H3,(H,9,10)/b6-5+. The first-order valence-corrected chi connectivity index (χ1v) is 5.25. The molecule has 0 fully saturated rings. The van der Waals surface area contributed by atoms with Crippen LogP contribution in [0.4, 0.5) is 0 Å². The lowest BCUT2D eigenvalue weighted by molar-refractivity contribution is -0.132. The first-order valence-electron chi connectivity index (χ1n) is 3.73. The Morgan fingerprint density at radius 1 is 1.45 bits per heavy atom. The van der Waals surface area contributed by atoms with Crippen molar-refractivity contribution in [1.29, 1.82) is 0 Å². The topological polar surface area (TPSA) is 37.3 Å². The van der Waals surface area contributed by atoms with Gasteiger partial charge < -0.3 is 5.11 Å². The van der Waals surface area contributed by atoms with E-state index in [1.807, 2.05) is 5.70 Å². The van der Waals surface area contributed by atoms with Crippen LogP contribution in [0.2, 0.25) is 5.04 Å².